The smallest absolute Gasteiger partial charge is 0.123 e. The highest BCUT2D eigenvalue weighted by molar-refractivity contribution is 5.27. The molecule has 1 aliphatic rings. The summed E-state index contributed by atoms with van der Waals surface area (Å²) >= 11 is 0. The van der Waals surface area contributed by atoms with Crippen LogP contribution in [-0.4, -0.2) is 30.2 Å². The summed E-state index contributed by atoms with van der Waals surface area (Å²) in [5, 5.41) is 0. The number of halogens is 1. The molecule has 2 rings (SSSR count). The molecule has 3 nitrogen and oxygen atoms in total. The summed E-state index contributed by atoms with van der Waals surface area (Å²) in [6, 6.07) is 5.34. The van der Waals surface area contributed by atoms with Crippen LogP contribution in [0.15, 0.2) is 18.2 Å². The Morgan fingerprint density at radius 2 is 2.21 bits per heavy atom. The van der Waals surface area contributed by atoms with Gasteiger partial charge in [0, 0.05) is 25.7 Å². The number of nitrogens with zero attached hydrogens (tertiary/aromatic N) is 1. The molecule has 106 valence electrons. The molecule has 0 bridgehead atoms. The summed E-state index contributed by atoms with van der Waals surface area (Å²) < 4.78 is 18.9. The van der Waals surface area contributed by atoms with Gasteiger partial charge in [0.25, 0.3) is 0 Å². The molecule has 0 amide bonds. The van der Waals surface area contributed by atoms with Crippen molar-refractivity contribution in [2.24, 2.45) is 5.73 Å². The molecule has 1 fully saturated rings. The van der Waals surface area contributed by atoms with E-state index < -0.39 is 0 Å². The predicted molar refractivity (Wildman–Crippen MR) is 74.2 cm³/mol. The summed E-state index contributed by atoms with van der Waals surface area (Å²) in [5.41, 5.74) is 7.73. The van der Waals surface area contributed by atoms with E-state index in [4.69, 9.17) is 10.5 Å². The van der Waals surface area contributed by atoms with Crippen molar-refractivity contribution in [1.29, 1.82) is 0 Å². The Balaban J connectivity index is 2.14. The average Bonchev–Trinajstić information content (AvgIpc) is 2.41. The molecule has 2 atom stereocenters. The van der Waals surface area contributed by atoms with Gasteiger partial charge in [0.05, 0.1) is 12.7 Å². The fourth-order valence-electron chi connectivity index (χ4n) is 2.64. The highest BCUT2D eigenvalue weighted by atomic mass is 19.1. The fraction of sp³-hybridized carbons (Fsp3) is 0.600. The largest absolute Gasteiger partial charge is 0.376 e. The van der Waals surface area contributed by atoms with Gasteiger partial charge in [0.1, 0.15) is 5.82 Å². The Kier molecular flexibility index (Phi) is 4.91. The van der Waals surface area contributed by atoms with Crippen molar-refractivity contribution in [3.8, 4) is 0 Å². The number of hydrogen-bond donors (Lipinski definition) is 1. The zero-order valence-electron chi connectivity index (χ0n) is 11.7. The Morgan fingerprint density at radius 3 is 2.89 bits per heavy atom. The average molecular weight is 266 g/mol. The highest BCUT2D eigenvalue weighted by Crippen LogP contribution is 2.20. The molecule has 0 saturated carbocycles. The summed E-state index contributed by atoms with van der Waals surface area (Å²) in [5.74, 6) is -0.216. The van der Waals surface area contributed by atoms with E-state index in [1.807, 2.05) is 6.07 Å². The van der Waals surface area contributed by atoms with Gasteiger partial charge in [-0.15, -0.1) is 0 Å². The Bertz CT molecular complexity index is 425. The number of ether oxygens (including phenoxy) is 1. The summed E-state index contributed by atoms with van der Waals surface area (Å²) in [7, 11) is 0. The molecule has 4 heteroatoms. The lowest BCUT2D eigenvalue weighted by Gasteiger charge is -2.38. The van der Waals surface area contributed by atoms with Crippen molar-refractivity contribution in [3.63, 3.8) is 0 Å². The Hall–Kier alpha value is -0.970. The quantitative estimate of drug-likeness (QED) is 0.908. The number of morpholine rings is 1. The van der Waals surface area contributed by atoms with Gasteiger partial charge in [0.15, 0.2) is 0 Å². The zero-order chi connectivity index (χ0) is 13.8. The van der Waals surface area contributed by atoms with Gasteiger partial charge < -0.3 is 10.5 Å². The summed E-state index contributed by atoms with van der Waals surface area (Å²) in [4.78, 5) is 2.42. The fourth-order valence-corrected chi connectivity index (χ4v) is 2.64. The van der Waals surface area contributed by atoms with E-state index in [0.717, 1.165) is 37.2 Å². The maximum atomic E-state index is 13.2. The van der Waals surface area contributed by atoms with Crippen LogP contribution >= 0.6 is 0 Å². The van der Waals surface area contributed by atoms with Crippen LogP contribution < -0.4 is 5.73 Å². The SMILES string of the molecule is CCC1COC(C)CN1Cc1ccc(F)cc1CN. The third-order valence-electron chi connectivity index (χ3n) is 3.81. The molecular formula is C15H23FN2O. The Morgan fingerprint density at radius 1 is 1.42 bits per heavy atom. The number of benzene rings is 1. The van der Waals surface area contributed by atoms with Crippen molar-refractivity contribution in [2.75, 3.05) is 13.2 Å². The molecule has 1 aromatic rings. The van der Waals surface area contributed by atoms with E-state index in [2.05, 4.69) is 18.7 Å². The molecule has 2 unspecified atom stereocenters. The van der Waals surface area contributed by atoms with Gasteiger partial charge in [-0.2, -0.15) is 0 Å². The number of rotatable bonds is 4. The maximum absolute atomic E-state index is 13.2. The first-order valence-electron chi connectivity index (χ1n) is 6.97. The maximum Gasteiger partial charge on any atom is 0.123 e. The molecular weight excluding hydrogens is 243 g/mol. The van der Waals surface area contributed by atoms with Crippen molar-refractivity contribution >= 4 is 0 Å². The van der Waals surface area contributed by atoms with Gasteiger partial charge in [-0.1, -0.05) is 13.0 Å². The normalized spacial score (nSPS) is 24.6. The van der Waals surface area contributed by atoms with E-state index in [-0.39, 0.29) is 11.9 Å². The van der Waals surface area contributed by atoms with Crippen molar-refractivity contribution in [1.82, 2.24) is 4.90 Å². The first-order chi connectivity index (χ1) is 9.13. The van der Waals surface area contributed by atoms with E-state index >= 15 is 0 Å². The van der Waals surface area contributed by atoms with Crippen LogP contribution in [0, 0.1) is 5.82 Å². The monoisotopic (exact) mass is 266 g/mol. The van der Waals surface area contributed by atoms with Crippen LogP contribution in [0.25, 0.3) is 0 Å². The minimum Gasteiger partial charge on any atom is -0.376 e. The molecule has 1 saturated heterocycles. The highest BCUT2D eigenvalue weighted by Gasteiger charge is 2.25. The van der Waals surface area contributed by atoms with Crippen molar-refractivity contribution in [3.05, 3.63) is 35.1 Å². The Labute approximate surface area is 114 Å². The molecule has 2 N–H and O–H groups in total. The molecule has 0 aliphatic carbocycles. The molecule has 1 heterocycles. The van der Waals surface area contributed by atoms with E-state index in [1.54, 1.807) is 6.07 Å². The van der Waals surface area contributed by atoms with Crippen molar-refractivity contribution in [2.45, 2.75) is 45.5 Å². The van der Waals surface area contributed by atoms with E-state index in [9.17, 15) is 4.39 Å². The van der Waals surface area contributed by atoms with Crippen molar-refractivity contribution < 1.29 is 9.13 Å². The standard InChI is InChI=1S/C15H23FN2O/c1-3-15-10-19-11(2)8-18(15)9-12-4-5-14(16)6-13(12)7-17/h4-6,11,15H,3,7-10,17H2,1-2H3. The lowest BCUT2D eigenvalue weighted by atomic mass is 10.0. The minimum absolute atomic E-state index is 0.216. The lowest BCUT2D eigenvalue weighted by molar-refractivity contribution is -0.0592. The van der Waals surface area contributed by atoms with Crippen LogP contribution in [-0.2, 0) is 17.8 Å². The van der Waals surface area contributed by atoms with Gasteiger partial charge in [0.2, 0.25) is 0 Å². The first kappa shape index (κ1) is 14.4. The number of nitrogens with two attached hydrogens (primary N) is 1. The molecule has 0 spiro atoms. The molecule has 1 aromatic carbocycles. The zero-order valence-corrected chi connectivity index (χ0v) is 11.7. The van der Waals surface area contributed by atoms with Crippen LogP contribution in [0.5, 0.6) is 0 Å². The second-order valence-electron chi connectivity index (χ2n) is 5.25. The van der Waals surface area contributed by atoms with Gasteiger partial charge in [-0.25, -0.2) is 4.39 Å². The van der Waals surface area contributed by atoms with Gasteiger partial charge in [-0.3, -0.25) is 4.90 Å². The van der Waals surface area contributed by atoms with Crippen LogP contribution in [0.2, 0.25) is 0 Å². The van der Waals surface area contributed by atoms with Crippen LogP contribution in [0.1, 0.15) is 31.4 Å². The third kappa shape index (κ3) is 3.53. The lowest BCUT2D eigenvalue weighted by Crippen LogP contribution is -2.48. The summed E-state index contributed by atoms with van der Waals surface area (Å²) in [6.45, 7) is 7.15. The minimum atomic E-state index is -0.216. The van der Waals surface area contributed by atoms with Crippen LogP contribution in [0.4, 0.5) is 4.39 Å². The van der Waals surface area contributed by atoms with E-state index in [1.165, 1.54) is 6.07 Å². The second-order valence-corrected chi connectivity index (χ2v) is 5.25. The molecule has 0 aromatic heterocycles. The summed E-state index contributed by atoms with van der Waals surface area (Å²) in [6.07, 6.45) is 1.32. The topological polar surface area (TPSA) is 38.5 Å². The van der Waals surface area contributed by atoms with E-state index in [0.29, 0.717) is 12.6 Å². The molecule has 0 radical (unpaired) electrons. The van der Waals surface area contributed by atoms with Gasteiger partial charge in [-0.05, 0) is 36.6 Å². The third-order valence-corrected chi connectivity index (χ3v) is 3.81. The second kappa shape index (κ2) is 6.46. The van der Waals surface area contributed by atoms with Gasteiger partial charge >= 0.3 is 0 Å². The molecule has 19 heavy (non-hydrogen) atoms. The molecule has 1 aliphatic heterocycles. The predicted octanol–water partition coefficient (Wildman–Crippen LogP) is 2.28. The number of hydrogen-bond acceptors (Lipinski definition) is 3. The van der Waals surface area contributed by atoms with Crippen LogP contribution in [0.3, 0.4) is 0 Å². The first-order valence-corrected chi connectivity index (χ1v) is 6.97.